The predicted octanol–water partition coefficient (Wildman–Crippen LogP) is 1.98. The fourth-order valence-corrected chi connectivity index (χ4v) is 3.26. The molecular formula is C22H22N4O5. The molecule has 9 nitrogen and oxygen atoms in total. The summed E-state index contributed by atoms with van der Waals surface area (Å²) in [6.45, 7) is 2.34. The number of amides is 1. The van der Waals surface area contributed by atoms with Gasteiger partial charge in [-0.15, -0.1) is 0 Å². The Morgan fingerprint density at radius 2 is 1.87 bits per heavy atom. The van der Waals surface area contributed by atoms with Gasteiger partial charge in [0.2, 0.25) is 17.1 Å². The summed E-state index contributed by atoms with van der Waals surface area (Å²) in [6, 6.07) is 10.3. The minimum atomic E-state index is -0.409. The van der Waals surface area contributed by atoms with Crippen molar-refractivity contribution in [3.63, 3.8) is 0 Å². The highest BCUT2D eigenvalue weighted by molar-refractivity contribution is 5.91. The topological polar surface area (TPSA) is 98.0 Å². The number of methoxy groups -OCH3 is 1. The summed E-state index contributed by atoms with van der Waals surface area (Å²) in [5, 5.41) is 0. The fraction of sp³-hybridized carbons (Fsp3) is 0.273. The molecule has 0 spiro atoms. The van der Waals surface area contributed by atoms with Crippen LogP contribution >= 0.6 is 0 Å². The Hall–Kier alpha value is -3.88. The Morgan fingerprint density at radius 1 is 1.10 bits per heavy atom. The fourth-order valence-electron chi connectivity index (χ4n) is 3.26. The van der Waals surface area contributed by atoms with Crippen LogP contribution < -0.4 is 19.8 Å². The third kappa shape index (κ3) is 4.82. The van der Waals surface area contributed by atoms with Crippen LogP contribution in [-0.2, 0) is 6.61 Å². The first kappa shape index (κ1) is 20.4. The van der Waals surface area contributed by atoms with Crippen LogP contribution in [0.4, 0.5) is 5.95 Å². The van der Waals surface area contributed by atoms with Crippen LogP contribution in [0.2, 0.25) is 0 Å². The maximum Gasteiger partial charge on any atom is 0.289 e. The van der Waals surface area contributed by atoms with Crippen molar-refractivity contribution in [3.8, 4) is 11.5 Å². The number of carbonyl (C=O) groups is 1. The lowest BCUT2D eigenvalue weighted by molar-refractivity contribution is 0.0710. The normalized spacial score (nSPS) is 13.7. The van der Waals surface area contributed by atoms with E-state index in [2.05, 4.69) is 9.97 Å². The third-order valence-electron chi connectivity index (χ3n) is 4.94. The van der Waals surface area contributed by atoms with Crippen molar-refractivity contribution in [1.82, 2.24) is 14.9 Å². The van der Waals surface area contributed by atoms with Crippen LogP contribution in [0.3, 0.4) is 0 Å². The van der Waals surface area contributed by atoms with Crippen molar-refractivity contribution in [3.05, 3.63) is 76.6 Å². The Morgan fingerprint density at radius 3 is 2.58 bits per heavy atom. The number of hydrogen-bond acceptors (Lipinski definition) is 8. The summed E-state index contributed by atoms with van der Waals surface area (Å²) >= 11 is 0. The van der Waals surface area contributed by atoms with Gasteiger partial charge in [0.15, 0.2) is 5.76 Å². The largest absolute Gasteiger partial charge is 0.497 e. The van der Waals surface area contributed by atoms with Gasteiger partial charge in [-0.3, -0.25) is 9.59 Å². The molecule has 1 aliphatic heterocycles. The van der Waals surface area contributed by atoms with Gasteiger partial charge < -0.3 is 23.7 Å². The lowest BCUT2D eigenvalue weighted by Crippen LogP contribution is -2.49. The number of ether oxygens (including phenoxy) is 2. The summed E-state index contributed by atoms with van der Waals surface area (Å²) in [5.41, 5.74) is 0.438. The average molecular weight is 422 g/mol. The minimum absolute atomic E-state index is 0.0110. The summed E-state index contributed by atoms with van der Waals surface area (Å²) in [6.07, 6.45) is 4.56. The number of piperazine rings is 1. The van der Waals surface area contributed by atoms with Gasteiger partial charge in [0.25, 0.3) is 5.91 Å². The van der Waals surface area contributed by atoms with Crippen molar-refractivity contribution in [2.24, 2.45) is 0 Å². The highest BCUT2D eigenvalue weighted by Gasteiger charge is 2.25. The molecule has 3 heterocycles. The average Bonchev–Trinajstić information content (AvgIpc) is 2.83. The Bertz CT molecular complexity index is 1090. The molecular weight excluding hydrogens is 400 g/mol. The first-order valence-electron chi connectivity index (χ1n) is 9.84. The van der Waals surface area contributed by atoms with Crippen molar-refractivity contribution in [2.75, 3.05) is 38.2 Å². The van der Waals surface area contributed by atoms with E-state index in [-0.39, 0.29) is 24.0 Å². The van der Waals surface area contributed by atoms with Gasteiger partial charge in [-0.2, -0.15) is 0 Å². The molecule has 4 rings (SSSR count). The summed E-state index contributed by atoms with van der Waals surface area (Å²) < 4.78 is 16.2. The molecule has 0 bridgehead atoms. The molecule has 0 radical (unpaired) electrons. The highest BCUT2D eigenvalue weighted by atomic mass is 16.5. The maximum atomic E-state index is 12.7. The second-order valence-corrected chi connectivity index (χ2v) is 6.94. The predicted molar refractivity (Wildman–Crippen MR) is 112 cm³/mol. The van der Waals surface area contributed by atoms with Gasteiger partial charge in [0.1, 0.15) is 18.6 Å². The lowest BCUT2D eigenvalue weighted by Gasteiger charge is -2.34. The number of anilines is 1. The Kier molecular flexibility index (Phi) is 6.11. The summed E-state index contributed by atoms with van der Waals surface area (Å²) in [7, 11) is 1.58. The van der Waals surface area contributed by atoms with E-state index in [0.29, 0.717) is 37.9 Å². The van der Waals surface area contributed by atoms with E-state index in [1.54, 1.807) is 30.5 Å². The first-order valence-corrected chi connectivity index (χ1v) is 9.84. The molecule has 1 aromatic carbocycles. The van der Waals surface area contributed by atoms with Crippen molar-refractivity contribution >= 4 is 11.9 Å². The molecule has 1 amide bonds. The molecule has 1 aliphatic rings. The number of carbonyl (C=O) groups excluding carboxylic acids is 1. The zero-order valence-electron chi connectivity index (χ0n) is 17.1. The van der Waals surface area contributed by atoms with E-state index in [1.165, 1.54) is 12.3 Å². The zero-order valence-corrected chi connectivity index (χ0v) is 17.1. The van der Waals surface area contributed by atoms with E-state index in [4.69, 9.17) is 13.9 Å². The van der Waals surface area contributed by atoms with E-state index in [1.807, 2.05) is 29.2 Å². The first-order chi connectivity index (χ1) is 15.1. The number of nitrogens with zero attached hydrogens (tertiary/aromatic N) is 4. The molecule has 31 heavy (non-hydrogen) atoms. The van der Waals surface area contributed by atoms with Gasteiger partial charge in [-0.05, 0) is 23.8 Å². The number of aromatic nitrogens is 2. The highest BCUT2D eigenvalue weighted by Crippen LogP contribution is 2.16. The van der Waals surface area contributed by atoms with Gasteiger partial charge in [-0.25, -0.2) is 9.97 Å². The number of rotatable bonds is 6. The second kappa shape index (κ2) is 9.29. The SMILES string of the molecule is COc1cccc(COc2coc(C(=O)N3CCN(c4ncccn4)CC3)cc2=O)c1. The molecule has 0 saturated carbocycles. The van der Waals surface area contributed by atoms with E-state index < -0.39 is 5.43 Å². The molecule has 2 aromatic heterocycles. The monoisotopic (exact) mass is 422 g/mol. The van der Waals surface area contributed by atoms with Crippen molar-refractivity contribution < 1.29 is 18.7 Å². The smallest absolute Gasteiger partial charge is 0.289 e. The van der Waals surface area contributed by atoms with Gasteiger partial charge in [0.05, 0.1) is 7.11 Å². The Labute approximate surface area is 178 Å². The van der Waals surface area contributed by atoms with Crippen LogP contribution in [0, 0.1) is 0 Å². The molecule has 1 fully saturated rings. The Balaban J connectivity index is 1.36. The van der Waals surface area contributed by atoms with Crippen LogP contribution in [0.25, 0.3) is 0 Å². The second-order valence-electron chi connectivity index (χ2n) is 6.94. The molecule has 0 unspecified atom stereocenters. The van der Waals surface area contributed by atoms with Crippen molar-refractivity contribution in [2.45, 2.75) is 6.61 Å². The molecule has 0 aliphatic carbocycles. The number of hydrogen-bond donors (Lipinski definition) is 0. The molecule has 3 aromatic rings. The summed E-state index contributed by atoms with van der Waals surface area (Å²) in [4.78, 5) is 37.3. The molecule has 160 valence electrons. The van der Waals surface area contributed by atoms with E-state index in [0.717, 1.165) is 5.56 Å². The maximum absolute atomic E-state index is 12.7. The van der Waals surface area contributed by atoms with Gasteiger partial charge in [-0.1, -0.05) is 12.1 Å². The van der Waals surface area contributed by atoms with Crippen LogP contribution in [0.5, 0.6) is 11.5 Å². The van der Waals surface area contributed by atoms with Crippen molar-refractivity contribution in [1.29, 1.82) is 0 Å². The van der Waals surface area contributed by atoms with Crippen LogP contribution in [0.1, 0.15) is 16.1 Å². The summed E-state index contributed by atoms with van der Waals surface area (Å²) in [5.74, 6) is 1.05. The molecule has 1 saturated heterocycles. The van der Waals surface area contributed by atoms with Crippen LogP contribution in [-0.4, -0.2) is 54.1 Å². The zero-order chi connectivity index (χ0) is 21.6. The molecule has 9 heteroatoms. The van der Waals surface area contributed by atoms with E-state index in [9.17, 15) is 9.59 Å². The molecule has 0 N–H and O–H groups in total. The third-order valence-corrected chi connectivity index (χ3v) is 4.94. The number of benzene rings is 1. The van der Waals surface area contributed by atoms with Gasteiger partial charge >= 0.3 is 0 Å². The molecule has 0 atom stereocenters. The quantitative estimate of drug-likeness (QED) is 0.595. The standard InChI is InChI=1S/C22H22N4O5/c1-29-17-5-2-4-16(12-17)14-30-20-15-31-19(13-18(20)27)21(28)25-8-10-26(11-9-25)22-23-6-3-7-24-22/h2-7,12-13,15H,8-11,14H2,1H3. The lowest BCUT2D eigenvalue weighted by atomic mass is 10.2. The van der Waals surface area contributed by atoms with Crippen LogP contribution in [0.15, 0.2) is 64.3 Å². The minimum Gasteiger partial charge on any atom is -0.497 e. The van der Waals surface area contributed by atoms with Gasteiger partial charge in [0, 0.05) is 44.6 Å². The van der Waals surface area contributed by atoms with E-state index >= 15 is 0 Å².